The van der Waals surface area contributed by atoms with E-state index in [1.165, 1.54) is 7.11 Å². The fourth-order valence-corrected chi connectivity index (χ4v) is 3.79. The molecule has 0 bridgehead atoms. The van der Waals surface area contributed by atoms with Crippen LogP contribution >= 0.6 is 24.0 Å². The summed E-state index contributed by atoms with van der Waals surface area (Å²) in [5.74, 6) is 0.584. The van der Waals surface area contributed by atoms with Crippen LogP contribution in [0.4, 0.5) is 0 Å². The number of rotatable bonds is 8. The summed E-state index contributed by atoms with van der Waals surface area (Å²) >= 11 is 0. The van der Waals surface area contributed by atoms with Crippen molar-refractivity contribution >= 4 is 41.8 Å². The number of amides is 1. The maximum absolute atomic E-state index is 12.7. The number of hydrogen-bond donors (Lipinski definition) is 2. The van der Waals surface area contributed by atoms with E-state index in [0.717, 1.165) is 50.2 Å². The van der Waals surface area contributed by atoms with Crippen LogP contribution in [0.5, 0.6) is 0 Å². The molecule has 30 heavy (non-hydrogen) atoms. The molecule has 1 aromatic rings. The first kappa shape index (κ1) is 26.2. The van der Waals surface area contributed by atoms with Gasteiger partial charge in [-0.25, -0.2) is 4.79 Å². The van der Waals surface area contributed by atoms with Crippen molar-refractivity contribution in [1.29, 1.82) is 0 Å². The van der Waals surface area contributed by atoms with E-state index in [4.69, 9.17) is 9.73 Å². The summed E-state index contributed by atoms with van der Waals surface area (Å²) in [6.07, 6.45) is 4.77. The molecule has 0 aromatic heterocycles. The molecule has 0 radical (unpaired) electrons. The van der Waals surface area contributed by atoms with E-state index in [1.54, 1.807) is 17.0 Å². The van der Waals surface area contributed by atoms with Crippen molar-refractivity contribution in [3.63, 3.8) is 0 Å². The summed E-state index contributed by atoms with van der Waals surface area (Å²) in [6.45, 7) is 4.00. The van der Waals surface area contributed by atoms with Crippen LogP contribution in [-0.4, -0.2) is 63.6 Å². The molecule has 1 aliphatic rings. The Labute approximate surface area is 197 Å². The monoisotopic (exact) mass is 530 g/mol. The first-order valence-corrected chi connectivity index (χ1v) is 10.3. The van der Waals surface area contributed by atoms with Gasteiger partial charge in [-0.15, -0.1) is 24.0 Å². The van der Waals surface area contributed by atoms with E-state index in [0.29, 0.717) is 18.7 Å². The van der Waals surface area contributed by atoms with Gasteiger partial charge in [-0.1, -0.05) is 25.0 Å². The molecule has 0 atom stereocenters. The van der Waals surface area contributed by atoms with Crippen LogP contribution in [0.15, 0.2) is 29.3 Å². The summed E-state index contributed by atoms with van der Waals surface area (Å²) in [7, 11) is 5.02. The van der Waals surface area contributed by atoms with E-state index in [2.05, 4.69) is 10.6 Å². The molecular formula is C22H35IN4O3. The minimum Gasteiger partial charge on any atom is -0.465 e. The molecule has 7 nitrogen and oxygen atoms in total. The number of halogens is 1. The molecule has 1 aliphatic carbocycles. The molecule has 0 saturated heterocycles. The van der Waals surface area contributed by atoms with Crippen LogP contribution in [-0.2, 0) is 16.0 Å². The van der Waals surface area contributed by atoms with Crippen molar-refractivity contribution in [1.82, 2.24) is 15.5 Å². The normalized spacial score (nSPS) is 15.1. The van der Waals surface area contributed by atoms with Crippen LogP contribution < -0.4 is 10.6 Å². The van der Waals surface area contributed by atoms with Crippen molar-refractivity contribution in [2.45, 2.75) is 39.0 Å². The number of guanidine groups is 1. The minimum absolute atomic E-state index is 0. The van der Waals surface area contributed by atoms with Crippen LogP contribution in [0.1, 0.15) is 48.5 Å². The zero-order valence-corrected chi connectivity index (χ0v) is 20.8. The van der Waals surface area contributed by atoms with Crippen molar-refractivity contribution in [3.05, 3.63) is 35.4 Å². The van der Waals surface area contributed by atoms with Crippen LogP contribution in [0, 0.1) is 5.41 Å². The third kappa shape index (κ3) is 7.14. The van der Waals surface area contributed by atoms with Gasteiger partial charge in [-0.3, -0.25) is 9.79 Å². The number of carbonyl (C=O) groups is 2. The maximum atomic E-state index is 12.7. The lowest BCUT2D eigenvalue weighted by Gasteiger charge is -2.29. The van der Waals surface area contributed by atoms with Gasteiger partial charge in [0, 0.05) is 27.2 Å². The second-order valence-electron chi connectivity index (χ2n) is 7.75. The van der Waals surface area contributed by atoms with E-state index in [9.17, 15) is 9.59 Å². The molecule has 0 spiro atoms. The van der Waals surface area contributed by atoms with Gasteiger partial charge < -0.3 is 20.3 Å². The van der Waals surface area contributed by atoms with Crippen LogP contribution in [0.25, 0.3) is 0 Å². The molecule has 0 heterocycles. The third-order valence-electron chi connectivity index (χ3n) is 5.39. The van der Waals surface area contributed by atoms with Gasteiger partial charge in [0.15, 0.2) is 5.96 Å². The maximum Gasteiger partial charge on any atom is 0.337 e. The number of esters is 1. The smallest absolute Gasteiger partial charge is 0.337 e. The molecule has 2 rings (SSSR count). The summed E-state index contributed by atoms with van der Waals surface area (Å²) in [4.78, 5) is 30.7. The molecule has 0 unspecified atom stereocenters. The average Bonchev–Trinajstić information content (AvgIpc) is 3.21. The van der Waals surface area contributed by atoms with Crippen molar-refractivity contribution in [3.8, 4) is 0 Å². The average molecular weight is 530 g/mol. The number of carbonyl (C=O) groups excluding carboxylic acids is 2. The molecule has 1 saturated carbocycles. The van der Waals surface area contributed by atoms with Crippen LogP contribution in [0.2, 0.25) is 0 Å². The molecule has 0 aliphatic heterocycles. The van der Waals surface area contributed by atoms with Gasteiger partial charge in [0.25, 0.3) is 0 Å². The summed E-state index contributed by atoms with van der Waals surface area (Å²) in [6, 6.07) is 7.41. The number of ether oxygens (including phenoxy) is 1. The Morgan fingerprint density at radius 1 is 1.13 bits per heavy atom. The predicted octanol–water partition coefficient (Wildman–Crippen LogP) is 2.84. The predicted molar refractivity (Wildman–Crippen MR) is 130 cm³/mol. The Hall–Kier alpha value is -1.84. The van der Waals surface area contributed by atoms with Crippen molar-refractivity contribution < 1.29 is 14.3 Å². The lowest BCUT2D eigenvalue weighted by atomic mass is 9.85. The fraction of sp³-hybridized carbons (Fsp3) is 0.591. The highest BCUT2D eigenvalue weighted by molar-refractivity contribution is 14.0. The topological polar surface area (TPSA) is 83.0 Å². The molecule has 8 heteroatoms. The zero-order chi connectivity index (χ0) is 21.3. The quantitative estimate of drug-likeness (QED) is 0.234. The summed E-state index contributed by atoms with van der Waals surface area (Å²) in [5.41, 5.74) is 1.30. The molecule has 1 fully saturated rings. The first-order chi connectivity index (χ1) is 13.9. The van der Waals surface area contributed by atoms with Crippen LogP contribution in [0.3, 0.4) is 0 Å². The van der Waals surface area contributed by atoms with Gasteiger partial charge in [0.2, 0.25) is 5.91 Å². The highest BCUT2D eigenvalue weighted by atomic mass is 127. The second-order valence-corrected chi connectivity index (χ2v) is 7.75. The van der Waals surface area contributed by atoms with Gasteiger partial charge in [-0.05, 0) is 43.9 Å². The number of methoxy groups -OCH3 is 1. The van der Waals surface area contributed by atoms with Gasteiger partial charge in [-0.2, -0.15) is 0 Å². The van der Waals surface area contributed by atoms with E-state index >= 15 is 0 Å². The van der Waals surface area contributed by atoms with E-state index in [-0.39, 0.29) is 41.3 Å². The SMILES string of the molecule is CCNC(=NCC1(C(=O)N(C)C)CCCC1)NCCc1ccc(C(=O)OC)cc1.I. The van der Waals surface area contributed by atoms with E-state index < -0.39 is 0 Å². The Balaban J connectivity index is 0.00000450. The number of hydrogen-bond acceptors (Lipinski definition) is 4. The third-order valence-corrected chi connectivity index (χ3v) is 5.39. The van der Waals surface area contributed by atoms with Gasteiger partial charge >= 0.3 is 5.97 Å². The lowest BCUT2D eigenvalue weighted by molar-refractivity contribution is -0.138. The number of nitrogens with zero attached hydrogens (tertiary/aromatic N) is 2. The largest absolute Gasteiger partial charge is 0.465 e. The van der Waals surface area contributed by atoms with Gasteiger partial charge in [0.1, 0.15) is 0 Å². The number of benzene rings is 1. The Morgan fingerprint density at radius 3 is 2.30 bits per heavy atom. The highest BCUT2D eigenvalue weighted by Crippen LogP contribution is 2.39. The lowest BCUT2D eigenvalue weighted by Crippen LogP contribution is -2.43. The molecule has 168 valence electrons. The summed E-state index contributed by atoms with van der Waals surface area (Å²) < 4.78 is 4.72. The Kier molecular flexibility index (Phi) is 11.1. The van der Waals surface area contributed by atoms with Crippen molar-refractivity contribution in [2.24, 2.45) is 10.4 Å². The number of nitrogens with one attached hydrogen (secondary N) is 2. The summed E-state index contributed by atoms with van der Waals surface area (Å²) in [5, 5.41) is 6.61. The van der Waals surface area contributed by atoms with Gasteiger partial charge in [0.05, 0.1) is 24.6 Å². The molecule has 2 N–H and O–H groups in total. The minimum atomic E-state index is -0.366. The second kappa shape index (κ2) is 12.8. The fourth-order valence-electron chi connectivity index (χ4n) is 3.79. The first-order valence-electron chi connectivity index (χ1n) is 10.3. The Morgan fingerprint density at radius 2 is 1.77 bits per heavy atom. The highest BCUT2D eigenvalue weighted by Gasteiger charge is 2.42. The molecule has 1 aromatic carbocycles. The number of aliphatic imine (C=N–C) groups is 1. The molecule has 1 amide bonds. The van der Waals surface area contributed by atoms with Crippen molar-refractivity contribution in [2.75, 3.05) is 40.8 Å². The Bertz CT molecular complexity index is 714. The molecular weight excluding hydrogens is 495 g/mol. The zero-order valence-electron chi connectivity index (χ0n) is 18.5. The standard InChI is InChI=1S/C22H34N4O3.HI/c1-5-23-21(25-16-22(13-6-7-14-22)20(28)26(2)3)24-15-12-17-8-10-18(11-9-17)19(27)29-4;/h8-11H,5-7,12-16H2,1-4H3,(H2,23,24,25);1H. The van der Waals surface area contributed by atoms with E-state index in [1.807, 2.05) is 33.2 Å².